The fraction of sp³-hybridized carbons (Fsp3) is 0.692. The van der Waals surface area contributed by atoms with E-state index >= 15 is 0 Å². The summed E-state index contributed by atoms with van der Waals surface area (Å²) in [7, 11) is 0. The van der Waals surface area contributed by atoms with Crippen molar-refractivity contribution in [2.24, 2.45) is 0 Å². The molecule has 0 atom stereocenters. The van der Waals surface area contributed by atoms with Crippen molar-refractivity contribution in [2.45, 2.75) is 56.3 Å². The molecule has 0 fully saturated rings. The van der Waals surface area contributed by atoms with Crippen molar-refractivity contribution >= 4 is 29.9 Å². The normalized spacial score (nSPS) is 16.2. The van der Waals surface area contributed by atoms with Crippen LogP contribution in [0.15, 0.2) is 8.94 Å². The van der Waals surface area contributed by atoms with Gasteiger partial charge in [-0.3, -0.25) is 0 Å². The second-order valence-electron chi connectivity index (χ2n) is 4.38. The molecule has 0 amide bonds. The number of hydrogen-bond acceptors (Lipinski definition) is 1. The average Bonchev–Trinajstić information content (AvgIpc) is 2.62. The Morgan fingerprint density at radius 1 is 1.50 bits per heavy atom. The van der Waals surface area contributed by atoms with Gasteiger partial charge < -0.3 is 0 Å². The molecule has 1 rings (SSSR count). The van der Waals surface area contributed by atoms with Gasteiger partial charge in [0.1, 0.15) is 0 Å². The molecule has 0 saturated carbocycles. The van der Waals surface area contributed by atoms with E-state index in [9.17, 15) is 5.11 Å². The topological polar surface area (TPSA) is 20.2 Å². The van der Waals surface area contributed by atoms with Crippen molar-refractivity contribution in [2.75, 3.05) is 0 Å². The molecule has 0 aromatic rings. The number of unbranched alkanes of at least 4 members (excludes halogenated alkanes) is 1. The molecule has 0 bridgehead atoms. The Kier molecular flexibility index (Phi) is 6.19. The minimum absolute atomic E-state index is 0.677. The maximum absolute atomic E-state index is 9.59. The molecule has 1 heterocycles. The summed E-state index contributed by atoms with van der Waals surface area (Å²) in [5.41, 5.74) is 0.516. The molecule has 1 aliphatic rings. The summed E-state index contributed by atoms with van der Waals surface area (Å²) in [5, 5.41) is 12.3. The van der Waals surface area contributed by atoms with E-state index in [0.29, 0.717) is 29.9 Å². The van der Waals surface area contributed by atoms with Crippen molar-refractivity contribution in [1.82, 2.24) is 0 Å². The molecule has 16 heavy (non-hydrogen) atoms. The molecule has 1 nitrogen and oxygen atoms in total. The fourth-order valence-corrected chi connectivity index (χ4v) is 7.82. The average molecular weight is 350 g/mol. The van der Waals surface area contributed by atoms with Gasteiger partial charge in [-0.1, -0.05) is 0 Å². The first kappa shape index (κ1) is 14.4. The monoisotopic (exact) mass is 352 g/mol. The molecule has 0 saturated heterocycles. The van der Waals surface area contributed by atoms with Crippen LogP contribution in [-0.2, 0) is 0 Å². The Bertz CT molecular complexity index is 315. The molecule has 0 aromatic carbocycles. The summed E-state index contributed by atoms with van der Waals surface area (Å²) < 4.78 is 1.67. The summed E-state index contributed by atoms with van der Waals surface area (Å²) >= 11 is 1.38. The third kappa shape index (κ3) is 5.57. The van der Waals surface area contributed by atoms with Crippen LogP contribution in [0.3, 0.4) is 0 Å². The Morgan fingerprint density at radius 3 is 2.88 bits per heavy atom. The predicted molar refractivity (Wildman–Crippen MR) is 71.7 cm³/mol. The molecule has 3 heteroatoms. The van der Waals surface area contributed by atoms with Crippen LogP contribution in [0.25, 0.3) is 0 Å². The van der Waals surface area contributed by atoms with E-state index in [1.54, 1.807) is 17.2 Å². The van der Waals surface area contributed by atoms with E-state index < -0.39 is 5.60 Å². The number of hydrogen-bond donors (Lipinski definition) is 1. The summed E-state index contributed by atoms with van der Waals surface area (Å²) in [5.74, 6) is 6.16. The van der Waals surface area contributed by atoms with Gasteiger partial charge in [-0.15, -0.1) is 0 Å². The second-order valence-corrected chi connectivity index (χ2v) is 10.3. The van der Waals surface area contributed by atoms with Gasteiger partial charge in [-0.05, 0) is 0 Å². The first-order chi connectivity index (χ1) is 7.53. The zero-order valence-electron chi connectivity index (χ0n) is 10.3. The zero-order valence-corrected chi connectivity index (χ0v) is 13.7. The molecule has 0 aromatic heterocycles. The quantitative estimate of drug-likeness (QED) is 0.469. The predicted octanol–water partition coefficient (Wildman–Crippen LogP) is 2.42. The molecule has 90 valence electrons. The molecular weight excluding hydrogens is 330 g/mol. The van der Waals surface area contributed by atoms with Gasteiger partial charge in [0, 0.05) is 0 Å². The SMILES string of the molecule is CCCC[Se]C1=C(C#CC(C)(C)O)CC[Se]1. The van der Waals surface area contributed by atoms with Crippen LogP contribution in [0.1, 0.15) is 40.0 Å². The molecule has 0 unspecified atom stereocenters. The molecule has 0 spiro atoms. The van der Waals surface area contributed by atoms with E-state index in [1.165, 1.54) is 29.1 Å². The molecule has 0 aliphatic carbocycles. The van der Waals surface area contributed by atoms with E-state index in [4.69, 9.17) is 0 Å². The van der Waals surface area contributed by atoms with Crippen LogP contribution >= 0.6 is 0 Å². The van der Waals surface area contributed by atoms with Crippen molar-refractivity contribution in [3.63, 3.8) is 0 Å². The van der Waals surface area contributed by atoms with Crippen molar-refractivity contribution < 1.29 is 5.11 Å². The molecule has 1 N–H and O–H groups in total. The van der Waals surface area contributed by atoms with Gasteiger partial charge in [-0.2, -0.15) is 0 Å². The third-order valence-corrected chi connectivity index (χ3v) is 8.68. The van der Waals surface area contributed by atoms with E-state index in [0.717, 1.165) is 6.42 Å². The zero-order chi connectivity index (χ0) is 12.0. The van der Waals surface area contributed by atoms with Crippen LogP contribution in [0.5, 0.6) is 0 Å². The summed E-state index contributed by atoms with van der Waals surface area (Å²) in [6.45, 7) is 5.75. The third-order valence-electron chi connectivity index (χ3n) is 2.08. The van der Waals surface area contributed by atoms with E-state index in [2.05, 4.69) is 18.8 Å². The minimum atomic E-state index is -0.843. The maximum atomic E-state index is 9.59. The van der Waals surface area contributed by atoms with Crippen LogP contribution in [-0.4, -0.2) is 40.6 Å². The Labute approximate surface area is 112 Å². The fourth-order valence-electron chi connectivity index (χ4n) is 1.21. The van der Waals surface area contributed by atoms with Crippen LogP contribution in [0.2, 0.25) is 10.6 Å². The van der Waals surface area contributed by atoms with Crippen molar-refractivity contribution in [3.05, 3.63) is 8.94 Å². The van der Waals surface area contributed by atoms with E-state index in [1.807, 2.05) is 0 Å². The molecule has 0 radical (unpaired) electrons. The number of allylic oxidation sites excluding steroid dienone is 1. The molecule has 1 aliphatic heterocycles. The number of aliphatic hydroxyl groups is 1. The summed E-state index contributed by atoms with van der Waals surface area (Å²) in [6, 6.07) is 0. The van der Waals surface area contributed by atoms with Crippen molar-refractivity contribution in [3.8, 4) is 11.8 Å². The van der Waals surface area contributed by atoms with Gasteiger partial charge in [0.2, 0.25) is 0 Å². The first-order valence-electron chi connectivity index (χ1n) is 5.77. The summed E-state index contributed by atoms with van der Waals surface area (Å²) in [6.07, 6.45) is 3.81. The van der Waals surface area contributed by atoms with Crippen LogP contribution in [0, 0.1) is 11.8 Å². The van der Waals surface area contributed by atoms with Gasteiger partial charge >= 0.3 is 112 Å². The van der Waals surface area contributed by atoms with Gasteiger partial charge in [0.15, 0.2) is 0 Å². The van der Waals surface area contributed by atoms with Crippen LogP contribution < -0.4 is 0 Å². The van der Waals surface area contributed by atoms with Gasteiger partial charge in [0.25, 0.3) is 0 Å². The first-order valence-corrected chi connectivity index (χ1v) is 9.91. The van der Waals surface area contributed by atoms with Gasteiger partial charge in [0.05, 0.1) is 0 Å². The molecular formula is C13H20OSe2. The number of rotatable bonds is 4. The Hall–Kier alpha value is 0.299. The summed E-state index contributed by atoms with van der Waals surface area (Å²) in [4.78, 5) is 0. The standard InChI is InChI=1S/C13H20OSe2/c1-4-5-9-15-12-11(7-10-16-12)6-8-13(2,3)14/h14H,4-5,7,9-10H2,1-3H3. The Morgan fingerprint density at radius 2 is 2.25 bits per heavy atom. The van der Waals surface area contributed by atoms with Crippen LogP contribution in [0.4, 0.5) is 0 Å². The van der Waals surface area contributed by atoms with E-state index in [-0.39, 0.29) is 0 Å². The Balaban J connectivity index is 2.59. The second kappa shape index (κ2) is 6.90. The van der Waals surface area contributed by atoms with Crippen molar-refractivity contribution in [1.29, 1.82) is 0 Å². The van der Waals surface area contributed by atoms with Gasteiger partial charge in [-0.25, -0.2) is 0 Å².